The number of rotatable bonds is 3. The van der Waals surface area contributed by atoms with Crippen molar-refractivity contribution in [1.82, 2.24) is 9.55 Å². The van der Waals surface area contributed by atoms with Crippen LogP contribution >= 0.6 is 0 Å². The number of hydrogen-bond donors (Lipinski definition) is 1. The number of hydrogen-bond acceptors (Lipinski definition) is 2. The van der Waals surface area contributed by atoms with Crippen molar-refractivity contribution in [2.45, 2.75) is 12.8 Å². The van der Waals surface area contributed by atoms with E-state index in [1.807, 2.05) is 17.7 Å². The van der Waals surface area contributed by atoms with Crippen LogP contribution in [-0.4, -0.2) is 9.55 Å². The van der Waals surface area contributed by atoms with Crippen molar-refractivity contribution in [3.05, 3.63) is 47.9 Å². The monoisotopic (exact) mass is 201 g/mol. The fourth-order valence-corrected chi connectivity index (χ4v) is 1.60. The van der Waals surface area contributed by atoms with Gasteiger partial charge in [-0.2, -0.15) is 0 Å². The zero-order valence-electron chi connectivity index (χ0n) is 8.85. The minimum Gasteiger partial charge on any atom is -0.384 e. The third-order valence-electron chi connectivity index (χ3n) is 2.60. The zero-order valence-corrected chi connectivity index (χ0v) is 8.85. The molecule has 1 heterocycles. The molecule has 3 heteroatoms. The standard InChI is InChI=1S/C12H15N3/c1-15-11(13)9-14-12(15)8-7-10-5-3-2-4-6-10/h2-6,9H,7-8,13H2,1H3. The maximum absolute atomic E-state index is 5.71. The highest BCUT2D eigenvalue weighted by Crippen LogP contribution is 2.08. The van der Waals surface area contributed by atoms with Crippen LogP contribution in [0, 0.1) is 0 Å². The molecule has 1 aromatic carbocycles. The third kappa shape index (κ3) is 2.18. The SMILES string of the molecule is Cn1c(N)cnc1CCc1ccccc1. The highest BCUT2D eigenvalue weighted by atomic mass is 15.1. The Kier molecular flexibility index (Phi) is 2.72. The lowest BCUT2D eigenvalue weighted by Gasteiger charge is -2.03. The average Bonchev–Trinajstić information content (AvgIpc) is 2.59. The van der Waals surface area contributed by atoms with Gasteiger partial charge in [0.15, 0.2) is 0 Å². The molecular weight excluding hydrogens is 186 g/mol. The Labute approximate surface area is 89.6 Å². The molecule has 2 N–H and O–H groups in total. The minimum atomic E-state index is 0.720. The van der Waals surface area contributed by atoms with Gasteiger partial charge in [-0.1, -0.05) is 30.3 Å². The van der Waals surface area contributed by atoms with Crippen LogP contribution in [0.3, 0.4) is 0 Å². The lowest BCUT2D eigenvalue weighted by Crippen LogP contribution is -2.03. The van der Waals surface area contributed by atoms with Gasteiger partial charge in [-0.25, -0.2) is 4.98 Å². The molecule has 0 unspecified atom stereocenters. The van der Waals surface area contributed by atoms with Gasteiger partial charge >= 0.3 is 0 Å². The second-order valence-electron chi connectivity index (χ2n) is 3.64. The van der Waals surface area contributed by atoms with E-state index in [1.54, 1.807) is 6.20 Å². The molecule has 0 bridgehead atoms. The van der Waals surface area contributed by atoms with Crippen molar-refractivity contribution >= 4 is 5.82 Å². The number of nitrogens with zero attached hydrogens (tertiary/aromatic N) is 2. The Balaban J connectivity index is 2.02. The fraction of sp³-hybridized carbons (Fsp3) is 0.250. The summed E-state index contributed by atoms with van der Waals surface area (Å²) >= 11 is 0. The van der Waals surface area contributed by atoms with E-state index in [9.17, 15) is 0 Å². The second kappa shape index (κ2) is 4.17. The maximum Gasteiger partial charge on any atom is 0.123 e. The first-order valence-corrected chi connectivity index (χ1v) is 5.07. The average molecular weight is 201 g/mol. The van der Waals surface area contributed by atoms with Crippen molar-refractivity contribution in [3.8, 4) is 0 Å². The molecule has 0 amide bonds. The summed E-state index contributed by atoms with van der Waals surface area (Å²) in [7, 11) is 1.95. The van der Waals surface area contributed by atoms with Crippen molar-refractivity contribution in [3.63, 3.8) is 0 Å². The molecule has 2 aromatic rings. The van der Waals surface area contributed by atoms with Crippen LogP contribution in [0.5, 0.6) is 0 Å². The van der Waals surface area contributed by atoms with Crippen LogP contribution in [-0.2, 0) is 19.9 Å². The molecule has 0 atom stereocenters. The summed E-state index contributed by atoms with van der Waals surface area (Å²) < 4.78 is 1.93. The van der Waals surface area contributed by atoms with E-state index in [0.717, 1.165) is 24.5 Å². The Morgan fingerprint density at radius 1 is 1.20 bits per heavy atom. The number of aryl methyl sites for hydroxylation is 2. The van der Waals surface area contributed by atoms with E-state index in [2.05, 4.69) is 29.2 Å². The van der Waals surface area contributed by atoms with Gasteiger partial charge in [0.2, 0.25) is 0 Å². The molecular formula is C12H15N3. The summed E-state index contributed by atoms with van der Waals surface area (Å²) in [5, 5.41) is 0. The molecule has 0 aliphatic carbocycles. The zero-order chi connectivity index (χ0) is 10.7. The minimum absolute atomic E-state index is 0.720. The Bertz CT molecular complexity index is 431. The van der Waals surface area contributed by atoms with Crippen LogP contribution in [0.2, 0.25) is 0 Å². The quantitative estimate of drug-likeness (QED) is 0.822. The molecule has 0 fully saturated rings. The van der Waals surface area contributed by atoms with Gasteiger partial charge in [0.05, 0.1) is 6.20 Å². The number of nitrogen functional groups attached to an aromatic ring is 1. The van der Waals surface area contributed by atoms with Crippen LogP contribution in [0.1, 0.15) is 11.4 Å². The smallest absolute Gasteiger partial charge is 0.123 e. The molecule has 0 saturated carbocycles. The van der Waals surface area contributed by atoms with E-state index < -0.39 is 0 Å². The number of aromatic nitrogens is 2. The van der Waals surface area contributed by atoms with Gasteiger partial charge < -0.3 is 10.3 Å². The molecule has 2 rings (SSSR count). The molecule has 0 aliphatic heterocycles. The first-order chi connectivity index (χ1) is 7.27. The second-order valence-corrected chi connectivity index (χ2v) is 3.64. The molecule has 1 aromatic heterocycles. The lowest BCUT2D eigenvalue weighted by atomic mass is 10.1. The summed E-state index contributed by atoms with van der Waals surface area (Å²) in [4.78, 5) is 4.27. The van der Waals surface area contributed by atoms with E-state index >= 15 is 0 Å². The van der Waals surface area contributed by atoms with Gasteiger partial charge in [0, 0.05) is 13.5 Å². The van der Waals surface area contributed by atoms with Gasteiger partial charge in [0.1, 0.15) is 11.6 Å². The van der Waals surface area contributed by atoms with Crippen LogP contribution in [0.15, 0.2) is 36.5 Å². The predicted octanol–water partition coefficient (Wildman–Crippen LogP) is 1.79. The first-order valence-electron chi connectivity index (χ1n) is 5.07. The number of anilines is 1. The van der Waals surface area contributed by atoms with Crippen molar-refractivity contribution < 1.29 is 0 Å². The van der Waals surface area contributed by atoms with Gasteiger partial charge in [-0.3, -0.25) is 0 Å². The van der Waals surface area contributed by atoms with E-state index in [0.29, 0.717) is 0 Å². The summed E-state index contributed by atoms with van der Waals surface area (Å²) in [5.41, 5.74) is 7.04. The maximum atomic E-state index is 5.71. The normalized spacial score (nSPS) is 10.5. The molecule has 0 spiro atoms. The molecule has 3 nitrogen and oxygen atoms in total. The molecule has 0 aliphatic rings. The first kappa shape index (κ1) is 9.77. The summed E-state index contributed by atoms with van der Waals surface area (Å²) in [5.74, 6) is 1.76. The lowest BCUT2D eigenvalue weighted by molar-refractivity contribution is 0.777. The van der Waals surface area contributed by atoms with Crippen molar-refractivity contribution in [2.75, 3.05) is 5.73 Å². The Hall–Kier alpha value is -1.77. The predicted molar refractivity (Wildman–Crippen MR) is 61.5 cm³/mol. The summed E-state index contributed by atoms with van der Waals surface area (Å²) in [6, 6.07) is 10.4. The highest BCUT2D eigenvalue weighted by Gasteiger charge is 2.03. The highest BCUT2D eigenvalue weighted by molar-refractivity contribution is 5.27. The molecule has 0 radical (unpaired) electrons. The number of imidazole rings is 1. The Morgan fingerprint density at radius 3 is 2.53 bits per heavy atom. The summed E-state index contributed by atoms with van der Waals surface area (Å²) in [6.45, 7) is 0. The van der Waals surface area contributed by atoms with Crippen molar-refractivity contribution in [2.24, 2.45) is 7.05 Å². The van der Waals surface area contributed by atoms with E-state index in [-0.39, 0.29) is 0 Å². The van der Waals surface area contributed by atoms with Crippen LogP contribution in [0.4, 0.5) is 5.82 Å². The van der Waals surface area contributed by atoms with E-state index in [1.165, 1.54) is 5.56 Å². The van der Waals surface area contributed by atoms with Crippen molar-refractivity contribution in [1.29, 1.82) is 0 Å². The van der Waals surface area contributed by atoms with Gasteiger partial charge in [-0.05, 0) is 12.0 Å². The Morgan fingerprint density at radius 2 is 1.93 bits per heavy atom. The third-order valence-corrected chi connectivity index (χ3v) is 2.60. The van der Waals surface area contributed by atoms with Crippen LogP contribution < -0.4 is 5.73 Å². The van der Waals surface area contributed by atoms with Gasteiger partial charge in [0.25, 0.3) is 0 Å². The van der Waals surface area contributed by atoms with Crippen LogP contribution in [0.25, 0.3) is 0 Å². The topological polar surface area (TPSA) is 43.8 Å². The largest absolute Gasteiger partial charge is 0.384 e. The number of benzene rings is 1. The van der Waals surface area contributed by atoms with Gasteiger partial charge in [-0.15, -0.1) is 0 Å². The fourth-order valence-electron chi connectivity index (χ4n) is 1.60. The number of nitrogens with two attached hydrogens (primary N) is 1. The summed E-state index contributed by atoms with van der Waals surface area (Å²) in [6.07, 6.45) is 3.64. The molecule has 15 heavy (non-hydrogen) atoms. The van der Waals surface area contributed by atoms with E-state index in [4.69, 9.17) is 5.73 Å². The molecule has 78 valence electrons. The molecule has 0 saturated heterocycles.